The first kappa shape index (κ1) is 27.7. The fourth-order valence-corrected chi connectivity index (χ4v) is 5.37. The van der Waals surface area contributed by atoms with Crippen molar-refractivity contribution in [1.29, 1.82) is 0 Å². The minimum atomic E-state index is -1.02. The number of rotatable bonds is 11. The van der Waals surface area contributed by atoms with E-state index in [9.17, 15) is 18.7 Å². The molecule has 208 valence electrons. The summed E-state index contributed by atoms with van der Waals surface area (Å²) in [6.45, 7) is 2.81. The maximum absolute atomic E-state index is 14.0. The summed E-state index contributed by atoms with van der Waals surface area (Å²) in [6.07, 6.45) is 2.45. The summed E-state index contributed by atoms with van der Waals surface area (Å²) in [7, 11) is 0. The zero-order valence-electron chi connectivity index (χ0n) is 22.5. The van der Waals surface area contributed by atoms with Crippen LogP contribution in [0.1, 0.15) is 51.8 Å². The molecule has 1 amide bonds. The number of carbonyl (C=O) groups is 1. The first-order valence-electron chi connectivity index (χ1n) is 13.8. The third-order valence-corrected chi connectivity index (χ3v) is 7.39. The van der Waals surface area contributed by atoms with E-state index in [0.29, 0.717) is 17.8 Å². The van der Waals surface area contributed by atoms with E-state index in [1.165, 1.54) is 17.7 Å². The highest BCUT2D eigenvalue weighted by Crippen LogP contribution is 2.28. The zero-order valence-corrected chi connectivity index (χ0v) is 22.5. The molecule has 1 aromatic heterocycles. The summed E-state index contributed by atoms with van der Waals surface area (Å²) in [4.78, 5) is 13.6. The number of aliphatic hydroxyl groups is 1. The Morgan fingerprint density at radius 3 is 2.48 bits per heavy atom. The number of hydrogen-bond donors (Lipinski definition) is 3. The lowest BCUT2D eigenvalue weighted by Gasteiger charge is -2.25. The smallest absolute Gasteiger partial charge is 0.272 e. The fourth-order valence-electron chi connectivity index (χ4n) is 5.37. The van der Waals surface area contributed by atoms with Gasteiger partial charge in [0.05, 0.1) is 17.8 Å². The van der Waals surface area contributed by atoms with Gasteiger partial charge in [-0.3, -0.25) is 4.79 Å². The van der Waals surface area contributed by atoms with Gasteiger partial charge < -0.3 is 15.7 Å². The van der Waals surface area contributed by atoms with E-state index in [1.807, 2.05) is 47.1 Å². The van der Waals surface area contributed by atoms with Crippen molar-refractivity contribution in [3.63, 3.8) is 0 Å². The third kappa shape index (κ3) is 6.46. The van der Waals surface area contributed by atoms with Gasteiger partial charge in [-0.1, -0.05) is 49.4 Å². The standard InChI is InChI=1S/C32H34F2N4O2/c1-2-21-8-6-9-22(14-21)19-35-20-30(39)28(17-23-15-24(33)18-25(34)16-23)36-32(40)31-27-12-7-13-29(27)38(37-31)26-10-4-3-5-11-26/h3-6,8-11,14-16,18,28,30,35,39H,2,7,12-13,17,19-20H2,1H3,(H,36,40)/t28-,30+/m0/s1. The van der Waals surface area contributed by atoms with Crippen LogP contribution >= 0.6 is 0 Å². The minimum Gasteiger partial charge on any atom is -0.390 e. The molecule has 0 fully saturated rings. The molecule has 1 aliphatic carbocycles. The van der Waals surface area contributed by atoms with Crippen LogP contribution in [0.2, 0.25) is 0 Å². The second kappa shape index (κ2) is 12.5. The van der Waals surface area contributed by atoms with Crippen molar-refractivity contribution in [1.82, 2.24) is 20.4 Å². The Labute approximate surface area is 233 Å². The highest BCUT2D eigenvalue weighted by Gasteiger charge is 2.30. The third-order valence-electron chi connectivity index (χ3n) is 7.39. The van der Waals surface area contributed by atoms with Gasteiger partial charge in [0.25, 0.3) is 5.91 Å². The molecule has 0 bridgehead atoms. The lowest BCUT2D eigenvalue weighted by Crippen LogP contribution is -2.49. The average molecular weight is 545 g/mol. The topological polar surface area (TPSA) is 79.2 Å². The van der Waals surface area contributed by atoms with Gasteiger partial charge in [-0.25, -0.2) is 13.5 Å². The molecule has 3 N–H and O–H groups in total. The molecule has 8 heteroatoms. The molecular formula is C32H34F2N4O2. The molecule has 0 saturated heterocycles. The number of aliphatic hydroxyl groups excluding tert-OH is 1. The molecule has 4 aromatic rings. The van der Waals surface area contributed by atoms with Gasteiger partial charge in [0.1, 0.15) is 11.6 Å². The Hall–Kier alpha value is -3.88. The number of benzene rings is 3. The SMILES string of the molecule is CCc1cccc(CNC[C@@H](O)[C@H](Cc2cc(F)cc(F)c2)NC(=O)c2nn(-c3ccccc3)c3c2CCC3)c1. The van der Waals surface area contributed by atoms with Crippen molar-refractivity contribution < 1.29 is 18.7 Å². The molecule has 0 unspecified atom stereocenters. The first-order chi connectivity index (χ1) is 19.4. The number of carbonyl (C=O) groups excluding carboxylic acids is 1. The molecule has 1 aliphatic rings. The van der Waals surface area contributed by atoms with E-state index < -0.39 is 29.7 Å². The molecule has 2 atom stereocenters. The van der Waals surface area contributed by atoms with Gasteiger partial charge in [-0.05, 0) is 73.1 Å². The van der Waals surface area contributed by atoms with Gasteiger partial charge in [0.15, 0.2) is 5.69 Å². The molecule has 5 rings (SSSR count). The number of halogens is 2. The summed E-state index contributed by atoms with van der Waals surface area (Å²) >= 11 is 0. The molecule has 6 nitrogen and oxygen atoms in total. The second-order valence-corrected chi connectivity index (χ2v) is 10.3. The van der Waals surface area contributed by atoms with Crippen LogP contribution in [0.25, 0.3) is 5.69 Å². The number of aryl methyl sites for hydroxylation is 1. The first-order valence-corrected chi connectivity index (χ1v) is 13.8. The van der Waals surface area contributed by atoms with Crippen LogP contribution in [0, 0.1) is 11.6 Å². The highest BCUT2D eigenvalue weighted by atomic mass is 19.1. The summed E-state index contributed by atoms with van der Waals surface area (Å²) < 4.78 is 29.7. The van der Waals surface area contributed by atoms with Crippen LogP contribution in [0.5, 0.6) is 0 Å². The predicted molar refractivity (Wildman–Crippen MR) is 150 cm³/mol. The van der Waals surface area contributed by atoms with Gasteiger partial charge in [0, 0.05) is 30.4 Å². The largest absolute Gasteiger partial charge is 0.390 e. The Balaban J connectivity index is 1.35. The minimum absolute atomic E-state index is 0.0518. The monoisotopic (exact) mass is 544 g/mol. The maximum atomic E-state index is 14.0. The van der Waals surface area contributed by atoms with Gasteiger partial charge in [0.2, 0.25) is 0 Å². The molecule has 0 aliphatic heterocycles. The van der Waals surface area contributed by atoms with E-state index in [4.69, 9.17) is 0 Å². The Bertz CT molecular complexity index is 1450. The van der Waals surface area contributed by atoms with Crippen molar-refractivity contribution in [3.8, 4) is 5.69 Å². The van der Waals surface area contributed by atoms with Crippen molar-refractivity contribution in [2.75, 3.05) is 6.54 Å². The van der Waals surface area contributed by atoms with E-state index in [0.717, 1.165) is 54.3 Å². The average Bonchev–Trinajstić information content (AvgIpc) is 3.56. The van der Waals surface area contributed by atoms with Crippen molar-refractivity contribution in [2.24, 2.45) is 0 Å². The Morgan fingerprint density at radius 1 is 0.975 bits per heavy atom. The van der Waals surface area contributed by atoms with Crippen LogP contribution < -0.4 is 10.6 Å². The number of para-hydroxylation sites is 1. The second-order valence-electron chi connectivity index (χ2n) is 10.3. The van der Waals surface area contributed by atoms with E-state index in [1.54, 1.807) is 0 Å². The summed E-state index contributed by atoms with van der Waals surface area (Å²) in [5.41, 5.74) is 5.77. The van der Waals surface area contributed by atoms with Crippen LogP contribution in [-0.4, -0.2) is 39.5 Å². The van der Waals surface area contributed by atoms with Crippen LogP contribution in [0.15, 0.2) is 72.8 Å². The van der Waals surface area contributed by atoms with Crippen LogP contribution in [-0.2, 0) is 32.2 Å². The van der Waals surface area contributed by atoms with E-state index in [2.05, 4.69) is 34.8 Å². The molecule has 0 radical (unpaired) electrons. The molecule has 0 spiro atoms. The summed E-state index contributed by atoms with van der Waals surface area (Å²) in [6, 6.07) is 20.3. The number of fused-ring (bicyclic) bond motifs is 1. The van der Waals surface area contributed by atoms with Gasteiger partial charge in [-0.15, -0.1) is 0 Å². The molecule has 0 saturated carbocycles. The molecular weight excluding hydrogens is 510 g/mol. The number of nitrogens with one attached hydrogen (secondary N) is 2. The Morgan fingerprint density at radius 2 is 1.73 bits per heavy atom. The molecule has 40 heavy (non-hydrogen) atoms. The highest BCUT2D eigenvalue weighted by molar-refractivity contribution is 5.94. The van der Waals surface area contributed by atoms with Crippen molar-refractivity contribution >= 4 is 5.91 Å². The number of amides is 1. The number of nitrogens with zero attached hydrogens (tertiary/aromatic N) is 2. The Kier molecular flexibility index (Phi) is 8.67. The normalized spacial score (nSPS) is 14.1. The molecule has 3 aromatic carbocycles. The fraction of sp³-hybridized carbons (Fsp3) is 0.312. The number of hydrogen-bond acceptors (Lipinski definition) is 4. The molecule has 1 heterocycles. The lowest BCUT2D eigenvalue weighted by molar-refractivity contribution is 0.0824. The van der Waals surface area contributed by atoms with Gasteiger partial charge >= 0.3 is 0 Å². The predicted octanol–water partition coefficient (Wildman–Crippen LogP) is 4.69. The zero-order chi connectivity index (χ0) is 28.1. The van der Waals surface area contributed by atoms with E-state index >= 15 is 0 Å². The maximum Gasteiger partial charge on any atom is 0.272 e. The lowest BCUT2D eigenvalue weighted by atomic mass is 10.00. The van der Waals surface area contributed by atoms with Crippen LogP contribution in [0.3, 0.4) is 0 Å². The van der Waals surface area contributed by atoms with Gasteiger partial charge in [-0.2, -0.15) is 5.10 Å². The van der Waals surface area contributed by atoms with Crippen LogP contribution in [0.4, 0.5) is 8.78 Å². The number of aromatic nitrogens is 2. The summed E-state index contributed by atoms with van der Waals surface area (Å²) in [5, 5.41) is 22.0. The van der Waals surface area contributed by atoms with Crippen molar-refractivity contribution in [2.45, 2.75) is 57.7 Å². The van der Waals surface area contributed by atoms with Crippen molar-refractivity contribution in [3.05, 3.63) is 118 Å². The quantitative estimate of drug-likeness (QED) is 0.256. The van der Waals surface area contributed by atoms with E-state index in [-0.39, 0.29) is 13.0 Å². The summed E-state index contributed by atoms with van der Waals surface area (Å²) in [5.74, 6) is -1.82.